The zero-order valence-electron chi connectivity index (χ0n) is 11.1. The summed E-state index contributed by atoms with van der Waals surface area (Å²) in [6.07, 6.45) is 2.01. The molecule has 1 heterocycles. The zero-order valence-corrected chi connectivity index (χ0v) is 11.1. The van der Waals surface area contributed by atoms with Crippen LogP contribution in [0.5, 0.6) is 0 Å². The molecule has 1 aromatic carbocycles. The number of carbonyl (C=O) groups excluding carboxylic acids is 1. The van der Waals surface area contributed by atoms with E-state index in [0.717, 1.165) is 29.7 Å². The minimum Gasteiger partial charge on any atom is -0.481 e. The average molecular weight is 259 g/mol. The molecule has 0 saturated heterocycles. The quantitative estimate of drug-likeness (QED) is 0.876. The van der Waals surface area contributed by atoms with Gasteiger partial charge in [0, 0.05) is 11.1 Å². The second kappa shape index (κ2) is 3.59. The van der Waals surface area contributed by atoms with Crippen LogP contribution in [0.25, 0.3) is 0 Å². The van der Waals surface area contributed by atoms with Crippen molar-refractivity contribution >= 4 is 17.6 Å². The molecule has 19 heavy (non-hydrogen) atoms. The van der Waals surface area contributed by atoms with Crippen molar-refractivity contribution in [3.63, 3.8) is 0 Å². The number of benzene rings is 1. The van der Waals surface area contributed by atoms with Gasteiger partial charge in [0.05, 0.1) is 11.8 Å². The molecule has 0 aromatic heterocycles. The maximum absolute atomic E-state index is 11.9. The van der Waals surface area contributed by atoms with Crippen molar-refractivity contribution in [2.45, 2.75) is 43.9 Å². The van der Waals surface area contributed by atoms with E-state index >= 15 is 0 Å². The molecular formula is C15H17NO3. The second-order valence-corrected chi connectivity index (χ2v) is 6.19. The Morgan fingerprint density at radius 3 is 2.63 bits per heavy atom. The zero-order chi connectivity index (χ0) is 13.8. The number of carboxylic acid groups (broad SMARTS) is 1. The van der Waals surface area contributed by atoms with Crippen LogP contribution in [-0.4, -0.2) is 17.0 Å². The van der Waals surface area contributed by atoms with Gasteiger partial charge in [0.25, 0.3) is 0 Å². The molecule has 0 radical (unpaired) electrons. The largest absolute Gasteiger partial charge is 0.481 e. The van der Waals surface area contributed by atoms with Gasteiger partial charge in [0.15, 0.2) is 0 Å². The predicted octanol–water partition coefficient (Wildman–Crippen LogP) is 2.42. The molecule has 1 saturated carbocycles. The summed E-state index contributed by atoms with van der Waals surface area (Å²) in [6, 6.07) is 5.87. The molecule has 0 unspecified atom stereocenters. The van der Waals surface area contributed by atoms with Gasteiger partial charge < -0.3 is 10.4 Å². The molecule has 4 nitrogen and oxygen atoms in total. The third-order valence-electron chi connectivity index (χ3n) is 4.46. The number of carbonyl (C=O) groups is 2. The van der Waals surface area contributed by atoms with Crippen molar-refractivity contribution in [1.29, 1.82) is 0 Å². The Bertz CT molecular complexity index is 585. The maximum Gasteiger partial charge on any atom is 0.304 e. The highest BCUT2D eigenvalue weighted by atomic mass is 16.4. The normalized spacial score (nSPS) is 21.7. The van der Waals surface area contributed by atoms with Crippen molar-refractivity contribution < 1.29 is 14.7 Å². The summed E-state index contributed by atoms with van der Waals surface area (Å²) in [5.74, 6) is -0.755. The molecule has 1 fully saturated rings. The van der Waals surface area contributed by atoms with Gasteiger partial charge in [-0.05, 0) is 43.9 Å². The molecule has 1 aromatic rings. The summed E-state index contributed by atoms with van der Waals surface area (Å²) < 4.78 is 0. The van der Waals surface area contributed by atoms with Gasteiger partial charge in [0.2, 0.25) is 5.91 Å². The molecule has 1 amide bonds. The molecule has 0 atom stereocenters. The highest BCUT2D eigenvalue weighted by molar-refractivity contribution is 6.05. The summed E-state index contributed by atoms with van der Waals surface area (Å²) in [6.45, 7) is 3.80. The number of aliphatic carboxylic acids is 1. The molecule has 4 heteroatoms. The van der Waals surface area contributed by atoms with Crippen LogP contribution in [0.3, 0.4) is 0 Å². The first-order valence-electron chi connectivity index (χ1n) is 6.53. The summed E-state index contributed by atoms with van der Waals surface area (Å²) in [5, 5.41) is 11.9. The lowest BCUT2D eigenvalue weighted by atomic mass is 9.82. The molecule has 2 N–H and O–H groups in total. The van der Waals surface area contributed by atoms with E-state index in [2.05, 4.69) is 5.32 Å². The molecule has 0 bridgehead atoms. The van der Waals surface area contributed by atoms with Gasteiger partial charge >= 0.3 is 5.97 Å². The van der Waals surface area contributed by atoms with Gasteiger partial charge in [-0.15, -0.1) is 0 Å². The standard InChI is InChI=1S/C15H17NO3/c1-14(2)10-7-9(3-4-11(10)16-13(14)19)15(5-6-15)8-12(17)18/h3-4,7H,5-6,8H2,1-2H3,(H,16,19)(H,17,18). The Morgan fingerprint density at radius 1 is 1.37 bits per heavy atom. The lowest BCUT2D eigenvalue weighted by Crippen LogP contribution is -2.27. The summed E-state index contributed by atoms with van der Waals surface area (Å²) in [4.78, 5) is 22.9. The number of hydrogen-bond donors (Lipinski definition) is 2. The number of nitrogens with one attached hydrogen (secondary N) is 1. The minimum absolute atomic E-state index is 0.00253. The Kier molecular flexibility index (Phi) is 2.31. The van der Waals surface area contributed by atoms with Crippen LogP contribution in [0.1, 0.15) is 44.2 Å². The van der Waals surface area contributed by atoms with Crippen LogP contribution in [0, 0.1) is 0 Å². The van der Waals surface area contributed by atoms with E-state index in [-0.39, 0.29) is 17.7 Å². The van der Waals surface area contributed by atoms with E-state index in [1.54, 1.807) is 0 Å². The van der Waals surface area contributed by atoms with Crippen LogP contribution in [0.2, 0.25) is 0 Å². The van der Waals surface area contributed by atoms with E-state index in [1.165, 1.54) is 0 Å². The summed E-state index contributed by atoms with van der Waals surface area (Å²) >= 11 is 0. The molecule has 1 aliphatic carbocycles. The van der Waals surface area contributed by atoms with Crippen LogP contribution in [0.15, 0.2) is 18.2 Å². The fourth-order valence-corrected chi connectivity index (χ4v) is 2.91. The summed E-state index contributed by atoms with van der Waals surface area (Å²) in [5.41, 5.74) is 2.14. The highest BCUT2D eigenvalue weighted by Crippen LogP contribution is 2.52. The molecule has 3 rings (SSSR count). The van der Waals surface area contributed by atoms with Crippen molar-refractivity contribution in [3.05, 3.63) is 29.3 Å². The van der Waals surface area contributed by atoms with Gasteiger partial charge in [0.1, 0.15) is 0 Å². The minimum atomic E-state index is -0.758. The fraction of sp³-hybridized carbons (Fsp3) is 0.467. The van der Waals surface area contributed by atoms with Gasteiger partial charge in [-0.25, -0.2) is 0 Å². The first-order chi connectivity index (χ1) is 8.85. The van der Waals surface area contributed by atoms with Crippen molar-refractivity contribution in [2.75, 3.05) is 5.32 Å². The predicted molar refractivity (Wildman–Crippen MR) is 71.3 cm³/mol. The Morgan fingerprint density at radius 2 is 2.05 bits per heavy atom. The Balaban J connectivity index is 2.02. The second-order valence-electron chi connectivity index (χ2n) is 6.19. The number of amides is 1. The number of hydrogen-bond acceptors (Lipinski definition) is 2. The lowest BCUT2D eigenvalue weighted by Gasteiger charge is -2.19. The molecule has 100 valence electrons. The van der Waals surface area contributed by atoms with E-state index in [1.807, 2.05) is 32.0 Å². The fourth-order valence-electron chi connectivity index (χ4n) is 2.91. The van der Waals surface area contributed by atoms with Crippen molar-refractivity contribution in [2.24, 2.45) is 0 Å². The van der Waals surface area contributed by atoms with Crippen LogP contribution >= 0.6 is 0 Å². The third-order valence-corrected chi connectivity index (χ3v) is 4.46. The number of fused-ring (bicyclic) bond motifs is 1. The van der Waals surface area contributed by atoms with Crippen LogP contribution in [-0.2, 0) is 20.4 Å². The van der Waals surface area contributed by atoms with Crippen LogP contribution in [0.4, 0.5) is 5.69 Å². The van der Waals surface area contributed by atoms with E-state index in [9.17, 15) is 9.59 Å². The molecule has 0 spiro atoms. The van der Waals surface area contributed by atoms with E-state index in [0.29, 0.717) is 0 Å². The van der Waals surface area contributed by atoms with Crippen LogP contribution < -0.4 is 5.32 Å². The first-order valence-corrected chi connectivity index (χ1v) is 6.53. The molecular weight excluding hydrogens is 242 g/mol. The number of rotatable bonds is 3. The maximum atomic E-state index is 11.9. The number of anilines is 1. The molecule has 1 aliphatic heterocycles. The van der Waals surface area contributed by atoms with Crippen molar-refractivity contribution in [1.82, 2.24) is 0 Å². The first kappa shape index (κ1) is 12.2. The molecule has 2 aliphatic rings. The Hall–Kier alpha value is -1.84. The Labute approximate surface area is 111 Å². The third kappa shape index (κ3) is 1.74. The monoisotopic (exact) mass is 259 g/mol. The summed E-state index contributed by atoms with van der Waals surface area (Å²) in [7, 11) is 0. The van der Waals surface area contributed by atoms with Gasteiger partial charge in [-0.3, -0.25) is 9.59 Å². The topological polar surface area (TPSA) is 66.4 Å². The smallest absolute Gasteiger partial charge is 0.304 e. The SMILES string of the molecule is CC1(C)C(=O)Nc2ccc(C3(CC(=O)O)CC3)cc21. The number of carboxylic acids is 1. The lowest BCUT2D eigenvalue weighted by molar-refractivity contribution is -0.137. The van der Waals surface area contributed by atoms with Gasteiger partial charge in [-0.1, -0.05) is 12.1 Å². The van der Waals surface area contributed by atoms with E-state index < -0.39 is 11.4 Å². The van der Waals surface area contributed by atoms with Gasteiger partial charge in [-0.2, -0.15) is 0 Å². The van der Waals surface area contributed by atoms with Crippen molar-refractivity contribution in [3.8, 4) is 0 Å². The average Bonchev–Trinajstić information content (AvgIpc) is 3.04. The van der Waals surface area contributed by atoms with E-state index in [4.69, 9.17) is 5.11 Å². The highest BCUT2D eigenvalue weighted by Gasteiger charge is 2.47.